The summed E-state index contributed by atoms with van der Waals surface area (Å²) in [6.45, 7) is 0. The first-order chi connectivity index (χ1) is 21.4. The Hall–Kier alpha value is -5.70. The van der Waals surface area contributed by atoms with E-state index in [2.05, 4.69) is 0 Å². The van der Waals surface area contributed by atoms with Gasteiger partial charge in [-0.2, -0.15) is 21.0 Å². The van der Waals surface area contributed by atoms with E-state index in [1.807, 2.05) is 6.07 Å². The monoisotopic (exact) mass is 640 g/mol. The molecule has 0 fully saturated rings. The average Bonchev–Trinajstić information content (AvgIpc) is 3.00. The van der Waals surface area contributed by atoms with Gasteiger partial charge in [0.05, 0.1) is 45.5 Å². The van der Waals surface area contributed by atoms with Crippen LogP contribution in [0.15, 0.2) is 65.6 Å². The number of benzene rings is 4. The quantitative estimate of drug-likeness (QED) is 0.146. The predicted molar refractivity (Wildman–Crippen MR) is 146 cm³/mol. The summed E-state index contributed by atoms with van der Waals surface area (Å²) in [5.74, 6) is -3.95. The Labute approximate surface area is 255 Å². The van der Waals surface area contributed by atoms with Crippen molar-refractivity contribution < 1.29 is 40.2 Å². The second kappa shape index (κ2) is 15.2. The van der Waals surface area contributed by atoms with Crippen LogP contribution in [0.1, 0.15) is 46.2 Å². The number of rotatable bonds is 7. The zero-order valence-electron chi connectivity index (χ0n) is 22.6. The molecule has 0 amide bonds. The maximum Gasteiger partial charge on any atom is 0.270 e. The highest BCUT2D eigenvalue weighted by Crippen LogP contribution is 2.41. The zero-order chi connectivity index (χ0) is 33.3. The number of nitriles is 4. The number of ether oxygens (including phenoxy) is 2. The van der Waals surface area contributed by atoms with E-state index in [4.69, 9.17) is 30.5 Å². The lowest BCUT2D eigenvalue weighted by Gasteiger charge is -2.15. The van der Waals surface area contributed by atoms with Gasteiger partial charge in [0.1, 0.15) is 46.8 Å². The molecule has 0 N–H and O–H groups in total. The average molecular weight is 641 g/mol. The molecule has 0 spiro atoms. The van der Waals surface area contributed by atoms with Crippen LogP contribution in [0.2, 0.25) is 0 Å². The minimum atomic E-state index is -3.23. The Kier molecular flexibility index (Phi) is 11.4. The van der Waals surface area contributed by atoms with Crippen molar-refractivity contribution in [1.29, 1.82) is 21.0 Å². The van der Waals surface area contributed by atoms with Crippen molar-refractivity contribution in [3.63, 3.8) is 0 Å². The molecule has 0 radical (unpaired) electrons. The summed E-state index contributed by atoms with van der Waals surface area (Å²) in [4.78, 5) is 0.108. The van der Waals surface area contributed by atoms with Gasteiger partial charge in [0.15, 0.2) is 5.82 Å². The minimum Gasteiger partial charge on any atom is -0.457 e. The first-order valence-electron chi connectivity index (χ1n) is 12.1. The third kappa shape index (κ3) is 8.23. The fourth-order valence-electron chi connectivity index (χ4n) is 3.77. The number of hydrogen-bond acceptors (Lipinski definition) is 7. The molecule has 6 nitrogen and oxygen atoms in total. The molecule has 0 aromatic heterocycles. The number of alkyl halides is 4. The fraction of sp³-hybridized carbons (Fsp3) is 0.0968. The molecule has 0 saturated heterocycles. The minimum absolute atomic E-state index is 0.0114. The SMILES string of the molecule is CSc1c(C#N)ccc(Oc2cc(F)cc(C#N)c2)c1C(F)F.N#Cc1cc(F)cc(Oc2ccc(C#N)c(F)c2C(F)F)c1. The zero-order valence-corrected chi connectivity index (χ0v) is 23.4. The van der Waals surface area contributed by atoms with E-state index in [1.165, 1.54) is 24.3 Å². The summed E-state index contributed by atoms with van der Waals surface area (Å²) in [5, 5.41) is 35.2. The van der Waals surface area contributed by atoms with Crippen LogP contribution in [0.25, 0.3) is 0 Å². The fourth-order valence-corrected chi connectivity index (χ4v) is 4.51. The van der Waals surface area contributed by atoms with Crippen LogP contribution in [-0.2, 0) is 0 Å². The number of halogens is 7. The summed E-state index contributed by atoms with van der Waals surface area (Å²) < 4.78 is 104. The lowest BCUT2D eigenvalue weighted by atomic mass is 10.1. The van der Waals surface area contributed by atoms with E-state index < -0.39 is 52.7 Å². The van der Waals surface area contributed by atoms with Crippen molar-refractivity contribution in [2.45, 2.75) is 17.7 Å². The summed E-state index contributed by atoms with van der Waals surface area (Å²) in [5.41, 5.74) is -2.04. The van der Waals surface area contributed by atoms with Crippen molar-refractivity contribution in [2.75, 3.05) is 6.26 Å². The molecule has 226 valence electrons. The van der Waals surface area contributed by atoms with Gasteiger partial charge in [0, 0.05) is 17.0 Å². The smallest absolute Gasteiger partial charge is 0.270 e. The molecule has 0 unspecified atom stereocenters. The van der Waals surface area contributed by atoms with E-state index in [1.54, 1.807) is 18.4 Å². The molecule has 45 heavy (non-hydrogen) atoms. The van der Waals surface area contributed by atoms with Crippen LogP contribution in [0.3, 0.4) is 0 Å². The van der Waals surface area contributed by atoms with E-state index >= 15 is 0 Å². The van der Waals surface area contributed by atoms with Crippen LogP contribution >= 0.6 is 11.8 Å². The van der Waals surface area contributed by atoms with E-state index in [-0.39, 0.29) is 38.8 Å². The maximum absolute atomic E-state index is 13.8. The van der Waals surface area contributed by atoms with Gasteiger partial charge in [-0.05, 0) is 54.8 Å². The Morgan fingerprint density at radius 2 is 1.04 bits per heavy atom. The van der Waals surface area contributed by atoms with Crippen LogP contribution in [0.5, 0.6) is 23.0 Å². The molecule has 4 aromatic carbocycles. The lowest BCUT2D eigenvalue weighted by Crippen LogP contribution is -1.99. The highest BCUT2D eigenvalue weighted by Gasteiger charge is 2.24. The largest absolute Gasteiger partial charge is 0.457 e. The first kappa shape index (κ1) is 33.8. The second-order valence-corrected chi connectivity index (χ2v) is 9.32. The highest BCUT2D eigenvalue weighted by molar-refractivity contribution is 7.98. The van der Waals surface area contributed by atoms with Gasteiger partial charge in [-0.1, -0.05) is 0 Å². The summed E-state index contributed by atoms with van der Waals surface area (Å²) >= 11 is 1.00. The topological polar surface area (TPSA) is 114 Å². The second-order valence-electron chi connectivity index (χ2n) is 8.50. The first-order valence-corrected chi connectivity index (χ1v) is 13.4. The number of thioether (sulfide) groups is 1. The normalized spacial score (nSPS) is 10.2. The van der Waals surface area contributed by atoms with Crippen molar-refractivity contribution in [3.05, 3.63) is 111 Å². The number of hydrogen-bond donors (Lipinski definition) is 0. The maximum atomic E-state index is 13.8. The van der Waals surface area contributed by atoms with Gasteiger partial charge in [0.25, 0.3) is 12.9 Å². The Morgan fingerprint density at radius 1 is 0.600 bits per heavy atom. The van der Waals surface area contributed by atoms with Gasteiger partial charge in [-0.25, -0.2) is 30.7 Å². The molecular weight excluding hydrogens is 625 g/mol. The van der Waals surface area contributed by atoms with Crippen LogP contribution < -0.4 is 9.47 Å². The van der Waals surface area contributed by atoms with Gasteiger partial charge in [0.2, 0.25) is 0 Å². The van der Waals surface area contributed by atoms with Crippen molar-refractivity contribution in [2.24, 2.45) is 0 Å². The third-order valence-corrected chi connectivity index (χ3v) is 6.48. The molecule has 0 aliphatic heterocycles. The van der Waals surface area contributed by atoms with E-state index in [0.29, 0.717) is 0 Å². The molecule has 0 heterocycles. The van der Waals surface area contributed by atoms with Crippen molar-refractivity contribution >= 4 is 11.8 Å². The standard InChI is InChI=1S/C16H9F3N2OS.C15H6F4N2O/c1-23-15-10(8-21)2-3-13(14(15)16(18)19)22-12-5-9(7-20)4-11(17)6-12;16-10-3-8(6-20)4-11(5-10)22-12-2-1-9(7-21)14(17)13(12)15(18)19/h2-6,16H,1H3;1-5,15H. The summed E-state index contributed by atoms with van der Waals surface area (Å²) in [7, 11) is 0. The van der Waals surface area contributed by atoms with Gasteiger partial charge >= 0.3 is 0 Å². The number of nitrogens with zero attached hydrogens (tertiary/aromatic N) is 4. The predicted octanol–water partition coefficient (Wildman–Crippen LogP) is 9.46. The van der Waals surface area contributed by atoms with Crippen LogP contribution in [0, 0.1) is 62.8 Å². The van der Waals surface area contributed by atoms with Gasteiger partial charge in [-0.15, -0.1) is 11.8 Å². The summed E-state index contributed by atoms with van der Waals surface area (Å²) in [6, 6.07) is 17.4. The Balaban J connectivity index is 0.000000246. The molecule has 0 bridgehead atoms. The van der Waals surface area contributed by atoms with Crippen LogP contribution in [-0.4, -0.2) is 6.26 Å². The van der Waals surface area contributed by atoms with E-state index in [9.17, 15) is 30.7 Å². The van der Waals surface area contributed by atoms with Gasteiger partial charge in [-0.3, -0.25) is 0 Å². The van der Waals surface area contributed by atoms with Gasteiger partial charge < -0.3 is 9.47 Å². The molecule has 4 rings (SSSR count). The summed E-state index contributed by atoms with van der Waals surface area (Å²) in [6.07, 6.45) is -4.53. The molecule has 0 aliphatic carbocycles. The van der Waals surface area contributed by atoms with Crippen molar-refractivity contribution in [3.8, 4) is 47.3 Å². The molecule has 4 aromatic rings. The van der Waals surface area contributed by atoms with E-state index in [0.717, 1.165) is 54.2 Å². The molecule has 14 heteroatoms. The third-order valence-electron chi connectivity index (χ3n) is 5.63. The Morgan fingerprint density at radius 3 is 1.44 bits per heavy atom. The molecule has 0 atom stereocenters. The molecule has 0 saturated carbocycles. The van der Waals surface area contributed by atoms with Crippen LogP contribution in [0.4, 0.5) is 30.7 Å². The highest BCUT2D eigenvalue weighted by atomic mass is 32.2. The lowest BCUT2D eigenvalue weighted by molar-refractivity contribution is 0.142. The Bertz CT molecular complexity index is 1910. The molecular formula is C31H15F7N4O2S. The molecule has 0 aliphatic rings. The van der Waals surface area contributed by atoms with Crippen molar-refractivity contribution in [1.82, 2.24) is 0 Å².